The van der Waals surface area contributed by atoms with E-state index in [9.17, 15) is 9.59 Å². The summed E-state index contributed by atoms with van der Waals surface area (Å²) in [5.74, 6) is -0.243. The Kier molecular flexibility index (Phi) is 6.41. The number of hydrogen-bond donors (Lipinski definition) is 2. The average Bonchev–Trinajstić information content (AvgIpc) is 3.14. The van der Waals surface area contributed by atoms with Crippen molar-refractivity contribution in [3.63, 3.8) is 0 Å². The van der Waals surface area contributed by atoms with E-state index in [1.54, 1.807) is 18.2 Å². The van der Waals surface area contributed by atoms with Crippen molar-refractivity contribution in [2.75, 3.05) is 23.8 Å². The molecule has 160 valence electrons. The lowest BCUT2D eigenvalue weighted by Gasteiger charge is -2.24. The molecule has 0 saturated heterocycles. The molecule has 3 aromatic rings. The highest BCUT2D eigenvalue weighted by Crippen LogP contribution is 2.36. The quantitative estimate of drug-likeness (QED) is 0.535. The first-order valence-corrected chi connectivity index (χ1v) is 11.4. The lowest BCUT2D eigenvalue weighted by atomic mass is 10.0. The monoisotopic (exact) mass is 453 g/mol. The Morgan fingerprint density at radius 3 is 2.71 bits per heavy atom. The Morgan fingerprint density at radius 1 is 1.13 bits per heavy atom. The largest absolute Gasteiger partial charge is 0.314 e. The van der Waals surface area contributed by atoms with Crippen molar-refractivity contribution in [2.24, 2.45) is 0 Å². The Labute approximate surface area is 191 Å². The standard InChI is InChI=1S/C24H24ClN3O2S/c1-15-6-3-4-7-17(15)23(29)27-22-12-11-21(31-22)24(30)28-13-5-8-19(26-2)18-14-16(25)9-10-20(18)28/h3-4,6-7,9-12,14,19,26H,5,8,13H2,1-2H3,(H,27,29). The summed E-state index contributed by atoms with van der Waals surface area (Å²) in [6.45, 7) is 2.54. The van der Waals surface area contributed by atoms with E-state index in [-0.39, 0.29) is 17.9 Å². The van der Waals surface area contributed by atoms with Crippen LogP contribution in [0.15, 0.2) is 54.6 Å². The van der Waals surface area contributed by atoms with Gasteiger partial charge in [-0.15, -0.1) is 11.3 Å². The Balaban J connectivity index is 1.57. The van der Waals surface area contributed by atoms with Gasteiger partial charge in [0.2, 0.25) is 0 Å². The number of carbonyl (C=O) groups is 2. The molecule has 1 aliphatic rings. The molecule has 0 bridgehead atoms. The molecule has 2 heterocycles. The van der Waals surface area contributed by atoms with Gasteiger partial charge >= 0.3 is 0 Å². The van der Waals surface area contributed by atoms with Crippen LogP contribution in [0.25, 0.3) is 0 Å². The first kappa shape index (κ1) is 21.6. The highest BCUT2D eigenvalue weighted by atomic mass is 35.5. The second-order valence-corrected chi connectivity index (χ2v) is 9.10. The topological polar surface area (TPSA) is 61.4 Å². The number of anilines is 2. The predicted molar refractivity (Wildman–Crippen MR) is 128 cm³/mol. The zero-order valence-electron chi connectivity index (χ0n) is 17.4. The predicted octanol–water partition coefficient (Wildman–Crippen LogP) is 5.66. The number of rotatable bonds is 4. The maximum atomic E-state index is 13.4. The number of thiophene rings is 1. The van der Waals surface area contributed by atoms with E-state index in [2.05, 4.69) is 10.6 Å². The maximum absolute atomic E-state index is 13.4. The van der Waals surface area contributed by atoms with Crippen LogP contribution < -0.4 is 15.5 Å². The van der Waals surface area contributed by atoms with E-state index >= 15 is 0 Å². The fraction of sp³-hybridized carbons (Fsp3) is 0.250. The summed E-state index contributed by atoms with van der Waals surface area (Å²) in [5.41, 5.74) is 3.45. The van der Waals surface area contributed by atoms with Gasteiger partial charge in [0.15, 0.2) is 0 Å². The number of benzene rings is 2. The first-order valence-electron chi connectivity index (χ1n) is 10.2. The Bertz CT molecular complexity index is 1130. The number of fused-ring (bicyclic) bond motifs is 1. The van der Waals surface area contributed by atoms with Crippen LogP contribution in [0, 0.1) is 6.92 Å². The number of amides is 2. The molecule has 1 aromatic heterocycles. The van der Waals surface area contributed by atoms with Gasteiger partial charge in [0, 0.05) is 28.9 Å². The summed E-state index contributed by atoms with van der Waals surface area (Å²) in [6.07, 6.45) is 1.81. The van der Waals surface area contributed by atoms with Gasteiger partial charge in [0.05, 0.1) is 9.88 Å². The zero-order chi connectivity index (χ0) is 22.0. The minimum Gasteiger partial charge on any atom is -0.314 e. The van der Waals surface area contributed by atoms with Gasteiger partial charge in [-0.3, -0.25) is 9.59 Å². The number of nitrogens with zero attached hydrogens (tertiary/aromatic N) is 1. The molecule has 2 N–H and O–H groups in total. The molecule has 0 spiro atoms. The molecular formula is C24H24ClN3O2S. The van der Waals surface area contributed by atoms with Crippen LogP contribution >= 0.6 is 22.9 Å². The zero-order valence-corrected chi connectivity index (χ0v) is 19.0. The molecule has 4 rings (SSSR count). The van der Waals surface area contributed by atoms with Crippen molar-refractivity contribution in [2.45, 2.75) is 25.8 Å². The minimum absolute atomic E-state index is 0.0679. The third-order valence-corrected chi connectivity index (χ3v) is 6.79. The molecule has 2 aromatic carbocycles. The number of aryl methyl sites for hydroxylation is 1. The van der Waals surface area contributed by atoms with Crippen LogP contribution in [-0.4, -0.2) is 25.4 Å². The molecule has 1 aliphatic heterocycles. The van der Waals surface area contributed by atoms with Gasteiger partial charge in [-0.2, -0.15) is 0 Å². The lowest BCUT2D eigenvalue weighted by Crippen LogP contribution is -2.31. The molecule has 1 unspecified atom stereocenters. The van der Waals surface area contributed by atoms with Gasteiger partial charge in [0.1, 0.15) is 0 Å². The van der Waals surface area contributed by atoms with Crippen molar-refractivity contribution in [1.29, 1.82) is 0 Å². The van der Waals surface area contributed by atoms with Crippen LogP contribution in [0.2, 0.25) is 5.02 Å². The summed E-state index contributed by atoms with van der Waals surface area (Å²) in [4.78, 5) is 28.4. The van der Waals surface area contributed by atoms with Crippen LogP contribution in [0.5, 0.6) is 0 Å². The second kappa shape index (κ2) is 9.22. The lowest BCUT2D eigenvalue weighted by molar-refractivity contribution is 0.0988. The van der Waals surface area contributed by atoms with Gasteiger partial charge in [-0.1, -0.05) is 29.8 Å². The van der Waals surface area contributed by atoms with Crippen molar-refractivity contribution >= 4 is 45.4 Å². The van der Waals surface area contributed by atoms with Gasteiger partial charge in [0.25, 0.3) is 11.8 Å². The molecule has 2 amide bonds. The SMILES string of the molecule is CNC1CCCN(C(=O)c2ccc(NC(=O)c3ccccc3C)s2)c2ccc(Cl)cc21. The van der Waals surface area contributed by atoms with Crippen molar-refractivity contribution in [3.05, 3.63) is 81.2 Å². The molecule has 0 fully saturated rings. The van der Waals surface area contributed by atoms with Gasteiger partial charge < -0.3 is 15.5 Å². The summed E-state index contributed by atoms with van der Waals surface area (Å²) in [5, 5.41) is 7.55. The van der Waals surface area contributed by atoms with Crippen molar-refractivity contribution in [3.8, 4) is 0 Å². The maximum Gasteiger partial charge on any atom is 0.268 e. The molecule has 0 saturated carbocycles. The van der Waals surface area contributed by atoms with Gasteiger partial charge in [-0.05, 0) is 74.3 Å². The van der Waals surface area contributed by atoms with E-state index in [1.807, 2.05) is 55.3 Å². The Morgan fingerprint density at radius 2 is 1.94 bits per heavy atom. The van der Waals surface area contributed by atoms with Crippen molar-refractivity contribution < 1.29 is 9.59 Å². The number of halogens is 1. The highest BCUT2D eigenvalue weighted by molar-refractivity contribution is 7.18. The van der Waals surface area contributed by atoms with Crippen molar-refractivity contribution in [1.82, 2.24) is 5.32 Å². The number of carbonyl (C=O) groups excluding carboxylic acids is 2. The summed E-state index contributed by atoms with van der Waals surface area (Å²) >= 11 is 7.53. The van der Waals surface area contributed by atoms with E-state index in [0.29, 0.717) is 27.0 Å². The first-order chi connectivity index (χ1) is 15.0. The van der Waals surface area contributed by atoms with E-state index in [4.69, 9.17) is 11.6 Å². The molecule has 31 heavy (non-hydrogen) atoms. The highest BCUT2D eigenvalue weighted by Gasteiger charge is 2.27. The van der Waals surface area contributed by atoms with Crippen LogP contribution in [0.3, 0.4) is 0 Å². The number of hydrogen-bond acceptors (Lipinski definition) is 4. The Hall–Kier alpha value is -2.67. The van der Waals surface area contributed by atoms with E-state index in [0.717, 1.165) is 29.7 Å². The third-order valence-electron chi connectivity index (χ3n) is 5.57. The molecule has 0 aliphatic carbocycles. The normalized spacial score (nSPS) is 15.8. The van der Waals surface area contributed by atoms with Gasteiger partial charge in [-0.25, -0.2) is 0 Å². The second-order valence-electron chi connectivity index (χ2n) is 7.58. The molecule has 5 nitrogen and oxygen atoms in total. The number of nitrogens with one attached hydrogen (secondary N) is 2. The third kappa shape index (κ3) is 4.51. The fourth-order valence-electron chi connectivity index (χ4n) is 3.95. The smallest absolute Gasteiger partial charge is 0.268 e. The molecule has 7 heteroatoms. The van der Waals surface area contributed by atoms with Crippen LogP contribution in [0.1, 0.15) is 50.0 Å². The van der Waals surface area contributed by atoms with Crippen LogP contribution in [0.4, 0.5) is 10.7 Å². The summed E-state index contributed by atoms with van der Waals surface area (Å²) in [7, 11) is 1.93. The summed E-state index contributed by atoms with van der Waals surface area (Å²) in [6, 6.07) is 16.8. The molecule has 1 atom stereocenters. The minimum atomic E-state index is -0.175. The summed E-state index contributed by atoms with van der Waals surface area (Å²) < 4.78 is 0. The molecular weight excluding hydrogens is 430 g/mol. The van der Waals surface area contributed by atoms with E-state index < -0.39 is 0 Å². The molecule has 0 radical (unpaired) electrons. The fourth-order valence-corrected chi connectivity index (χ4v) is 4.98. The average molecular weight is 454 g/mol. The van der Waals surface area contributed by atoms with Crippen LogP contribution in [-0.2, 0) is 0 Å². The van der Waals surface area contributed by atoms with E-state index in [1.165, 1.54) is 11.3 Å².